The van der Waals surface area contributed by atoms with Crippen LogP contribution in [0.1, 0.15) is 12.5 Å². The first kappa shape index (κ1) is 16.4. The van der Waals surface area contributed by atoms with Gasteiger partial charge in [-0.2, -0.15) is 0 Å². The van der Waals surface area contributed by atoms with E-state index in [0.717, 1.165) is 10.0 Å². The van der Waals surface area contributed by atoms with E-state index < -0.39 is 12.1 Å². The predicted molar refractivity (Wildman–Crippen MR) is 87.6 cm³/mol. The van der Waals surface area contributed by atoms with E-state index in [1.165, 1.54) is 7.11 Å². The molecule has 0 fully saturated rings. The van der Waals surface area contributed by atoms with Crippen molar-refractivity contribution in [3.05, 3.63) is 52.5 Å². The second-order valence-corrected chi connectivity index (χ2v) is 5.71. The fourth-order valence-electron chi connectivity index (χ4n) is 1.82. The zero-order valence-corrected chi connectivity index (χ0v) is 14.2. The van der Waals surface area contributed by atoms with E-state index in [4.69, 9.17) is 14.2 Å². The van der Waals surface area contributed by atoms with Crippen LogP contribution in [0.5, 0.6) is 17.2 Å². The Balaban J connectivity index is 2.03. The van der Waals surface area contributed by atoms with E-state index in [-0.39, 0.29) is 0 Å². The number of halogens is 1. The number of carbonyl (C=O) groups excluding carboxylic acids is 1. The summed E-state index contributed by atoms with van der Waals surface area (Å²) in [7, 11) is 1.54. The summed E-state index contributed by atoms with van der Waals surface area (Å²) in [5.74, 6) is 1.02. The number of hydrogen-bond acceptors (Lipinski definition) is 4. The molecule has 116 valence electrons. The Morgan fingerprint density at radius 1 is 1.09 bits per heavy atom. The van der Waals surface area contributed by atoms with Gasteiger partial charge in [-0.05, 0) is 55.8 Å². The lowest BCUT2D eigenvalue weighted by atomic mass is 10.2. The number of ether oxygens (including phenoxy) is 3. The minimum absolute atomic E-state index is 0.379. The summed E-state index contributed by atoms with van der Waals surface area (Å²) in [6.07, 6.45) is -0.729. The molecular formula is C17H17BrO4. The Bertz CT molecular complexity index is 652. The summed E-state index contributed by atoms with van der Waals surface area (Å²) in [5.41, 5.74) is 1.02. The van der Waals surface area contributed by atoms with Crippen LogP contribution in [-0.2, 0) is 4.79 Å². The molecule has 0 aliphatic rings. The lowest BCUT2D eigenvalue weighted by Gasteiger charge is -2.15. The van der Waals surface area contributed by atoms with Crippen LogP contribution < -0.4 is 14.2 Å². The number of carbonyl (C=O) groups is 1. The minimum Gasteiger partial charge on any atom is -0.493 e. The number of aryl methyl sites for hydroxylation is 1. The lowest BCUT2D eigenvalue weighted by molar-refractivity contribution is -0.141. The normalized spacial score (nSPS) is 11.6. The summed E-state index contributed by atoms with van der Waals surface area (Å²) in [6.45, 7) is 3.58. The molecule has 1 atom stereocenters. The highest BCUT2D eigenvalue weighted by Crippen LogP contribution is 2.28. The quantitative estimate of drug-likeness (QED) is 0.590. The monoisotopic (exact) mass is 364 g/mol. The van der Waals surface area contributed by atoms with Gasteiger partial charge in [0.2, 0.25) is 0 Å². The molecule has 4 nitrogen and oxygen atoms in total. The van der Waals surface area contributed by atoms with Gasteiger partial charge in [-0.15, -0.1) is 0 Å². The zero-order chi connectivity index (χ0) is 16.1. The molecule has 0 radical (unpaired) electrons. The van der Waals surface area contributed by atoms with Crippen LogP contribution in [0.2, 0.25) is 0 Å². The number of hydrogen-bond donors (Lipinski definition) is 0. The van der Waals surface area contributed by atoms with Crippen LogP contribution in [0, 0.1) is 6.92 Å². The third kappa shape index (κ3) is 4.24. The minimum atomic E-state index is -0.729. The van der Waals surface area contributed by atoms with Gasteiger partial charge in [-0.1, -0.05) is 22.0 Å². The molecule has 22 heavy (non-hydrogen) atoms. The average molecular weight is 365 g/mol. The van der Waals surface area contributed by atoms with Crippen molar-refractivity contribution < 1.29 is 19.0 Å². The van der Waals surface area contributed by atoms with Crippen LogP contribution in [0.25, 0.3) is 0 Å². The molecule has 5 heteroatoms. The van der Waals surface area contributed by atoms with Crippen LogP contribution in [0.4, 0.5) is 0 Å². The Kier molecular flexibility index (Phi) is 5.44. The first-order valence-electron chi connectivity index (χ1n) is 6.78. The van der Waals surface area contributed by atoms with Crippen LogP contribution in [0.3, 0.4) is 0 Å². The van der Waals surface area contributed by atoms with E-state index >= 15 is 0 Å². The fraction of sp³-hybridized carbons (Fsp3) is 0.235. The van der Waals surface area contributed by atoms with Crippen LogP contribution in [-0.4, -0.2) is 19.2 Å². The molecule has 2 aromatic carbocycles. The van der Waals surface area contributed by atoms with Gasteiger partial charge in [-0.3, -0.25) is 0 Å². The summed E-state index contributed by atoms with van der Waals surface area (Å²) >= 11 is 3.35. The Hall–Kier alpha value is -2.01. The van der Waals surface area contributed by atoms with Gasteiger partial charge in [0.25, 0.3) is 0 Å². The fourth-order valence-corrected chi connectivity index (χ4v) is 2.08. The van der Waals surface area contributed by atoms with Crippen molar-refractivity contribution in [1.82, 2.24) is 0 Å². The smallest absolute Gasteiger partial charge is 0.352 e. The molecule has 0 saturated heterocycles. The van der Waals surface area contributed by atoms with Crippen molar-refractivity contribution in [2.75, 3.05) is 7.11 Å². The molecule has 2 aromatic rings. The highest BCUT2D eigenvalue weighted by Gasteiger charge is 2.19. The van der Waals surface area contributed by atoms with E-state index in [2.05, 4.69) is 15.9 Å². The second kappa shape index (κ2) is 7.31. The van der Waals surface area contributed by atoms with Gasteiger partial charge in [0.1, 0.15) is 5.75 Å². The summed E-state index contributed by atoms with van der Waals surface area (Å²) in [6, 6.07) is 12.6. The van der Waals surface area contributed by atoms with Crippen molar-refractivity contribution in [1.29, 1.82) is 0 Å². The van der Waals surface area contributed by atoms with Crippen molar-refractivity contribution in [3.63, 3.8) is 0 Å². The highest BCUT2D eigenvalue weighted by molar-refractivity contribution is 9.10. The predicted octanol–water partition coefficient (Wildman–Crippen LogP) is 4.14. The third-order valence-electron chi connectivity index (χ3n) is 2.99. The lowest BCUT2D eigenvalue weighted by Crippen LogP contribution is -2.28. The second-order valence-electron chi connectivity index (χ2n) is 4.79. The molecule has 2 rings (SSSR count). The molecule has 0 bridgehead atoms. The van der Waals surface area contributed by atoms with Gasteiger partial charge in [0, 0.05) is 4.47 Å². The molecular weight excluding hydrogens is 348 g/mol. The molecule has 0 N–H and O–H groups in total. The van der Waals surface area contributed by atoms with Gasteiger partial charge in [-0.25, -0.2) is 4.79 Å². The topological polar surface area (TPSA) is 44.8 Å². The SMILES string of the molecule is COc1cc(C)ccc1OC(=O)[C@H](C)Oc1ccc(Br)cc1. The molecule has 0 saturated carbocycles. The molecule has 0 aliphatic carbocycles. The van der Waals surface area contributed by atoms with Gasteiger partial charge >= 0.3 is 5.97 Å². The summed E-state index contributed by atoms with van der Waals surface area (Å²) in [5, 5.41) is 0. The number of esters is 1. The maximum absolute atomic E-state index is 12.1. The number of methoxy groups -OCH3 is 1. The standard InChI is InChI=1S/C17H17BrO4/c1-11-4-9-15(16(10-11)20-3)22-17(19)12(2)21-14-7-5-13(18)6-8-14/h4-10,12H,1-3H3/t12-/m0/s1. The van der Waals surface area contributed by atoms with E-state index in [9.17, 15) is 4.79 Å². The summed E-state index contributed by atoms with van der Waals surface area (Å²) < 4.78 is 17.1. The molecule has 0 aromatic heterocycles. The molecule has 0 unspecified atom stereocenters. The molecule has 0 aliphatic heterocycles. The average Bonchev–Trinajstić information content (AvgIpc) is 2.51. The van der Waals surface area contributed by atoms with Gasteiger partial charge in [0.05, 0.1) is 7.11 Å². The van der Waals surface area contributed by atoms with Gasteiger partial charge in [0.15, 0.2) is 17.6 Å². The molecule has 0 heterocycles. The molecule has 0 amide bonds. The maximum atomic E-state index is 12.1. The largest absolute Gasteiger partial charge is 0.493 e. The maximum Gasteiger partial charge on any atom is 0.352 e. The van der Waals surface area contributed by atoms with E-state index in [1.807, 2.05) is 31.2 Å². The zero-order valence-electron chi connectivity index (χ0n) is 12.6. The summed E-state index contributed by atoms with van der Waals surface area (Å²) in [4.78, 5) is 12.1. The van der Waals surface area contributed by atoms with E-state index in [1.54, 1.807) is 25.1 Å². The van der Waals surface area contributed by atoms with E-state index in [0.29, 0.717) is 17.2 Å². The van der Waals surface area contributed by atoms with Gasteiger partial charge < -0.3 is 14.2 Å². The number of rotatable bonds is 5. The Labute approximate surface area is 138 Å². The first-order valence-corrected chi connectivity index (χ1v) is 7.57. The van der Waals surface area contributed by atoms with Crippen LogP contribution in [0.15, 0.2) is 46.9 Å². The highest BCUT2D eigenvalue weighted by atomic mass is 79.9. The Morgan fingerprint density at radius 2 is 1.77 bits per heavy atom. The Morgan fingerprint density at radius 3 is 2.41 bits per heavy atom. The van der Waals surface area contributed by atoms with Crippen molar-refractivity contribution in [2.45, 2.75) is 20.0 Å². The molecule has 0 spiro atoms. The third-order valence-corrected chi connectivity index (χ3v) is 3.52. The van der Waals surface area contributed by atoms with Crippen molar-refractivity contribution >= 4 is 21.9 Å². The van der Waals surface area contributed by atoms with Crippen molar-refractivity contribution in [3.8, 4) is 17.2 Å². The number of benzene rings is 2. The van der Waals surface area contributed by atoms with Crippen molar-refractivity contribution in [2.24, 2.45) is 0 Å². The van der Waals surface area contributed by atoms with Crippen LogP contribution >= 0.6 is 15.9 Å². The first-order chi connectivity index (χ1) is 10.5.